The van der Waals surface area contributed by atoms with Crippen molar-refractivity contribution in [3.63, 3.8) is 0 Å². The minimum atomic E-state index is -3.79. The molecule has 4 N–H and O–H groups in total. The maximum atomic E-state index is 12.5. The average Bonchev–Trinajstić information content (AvgIpc) is 2.83. The van der Waals surface area contributed by atoms with Crippen LogP contribution in [0.4, 0.5) is 11.5 Å². The van der Waals surface area contributed by atoms with Crippen LogP contribution in [-0.2, 0) is 10.0 Å². The number of nitrogens with two attached hydrogens (primary N) is 1. The van der Waals surface area contributed by atoms with E-state index in [0.717, 1.165) is 5.69 Å². The van der Waals surface area contributed by atoms with Crippen molar-refractivity contribution < 1.29 is 8.42 Å². The highest BCUT2D eigenvalue weighted by Gasteiger charge is 2.20. The van der Waals surface area contributed by atoms with Crippen LogP contribution in [0, 0.1) is 6.92 Å². The SMILES string of the molecule is Cc1cc(NS(=O)(=O)c2ccc(N)c3cccnc23)n[nH]1. The molecular formula is C13H13N5O2S. The molecule has 8 heteroatoms. The van der Waals surface area contributed by atoms with Crippen molar-refractivity contribution in [1.82, 2.24) is 15.2 Å². The Morgan fingerprint density at radius 3 is 2.81 bits per heavy atom. The van der Waals surface area contributed by atoms with Crippen LogP contribution in [0.5, 0.6) is 0 Å². The van der Waals surface area contributed by atoms with Crippen molar-refractivity contribution in [3.05, 3.63) is 42.2 Å². The van der Waals surface area contributed by atoms with Gasteiger partial charge in [-0.3, -0.25) is 14.8 Å². The van der Waals surface area contributed by atoms with Crippen LogP contribution in [0.2, 0.25) is 0 Å². The molecule has 0 radical (unpaired) electrons. The molecule has 0 atom stereocenters. The first-order chi connectivity index (χ1) is 9.97. The van der Waals surface area contributed by atoms with Crippen LogP contribution in [-0.4, -0.2) is 23.6 Å². The second kappa shape index (κ2) is 4.74. The number of rotatable bonds is 3. The first-order valence-corrected chi connectivity index (χ1v) is 7.64. The van der Waals surface area contributed by atoms with Crippen LogP contribution < -0.4 is 10.5 Å². The number of sulfonamides is 1. The average molecular weight is 303 g/mol. The van der Waals surface area contributed by atoms with Gasteiger partial charge in [0.1, 0.15) is 4.90 Å². The van der Waals surface area contributed by atoms with Gasteiger partial charge in [0.2, 0.25) is 0 Å². The van der Waals surface area contributed by atoms with E-state index in [1.165, 1.54) is 12.3 Å². The van der Waals surface area contributed by atoms with Crippen molar-refractivity contribution in [2.45, 2.75) is 11.8 Å². The summed E-state index contributed by atoms with van der Waals surface area (Å²) in [4.78, 5) is 4.19. The Kier molecular flexibility index (Phi) is 3.02. The minimum absolute atomic E-state index is 0.0629. The minimum Gasteiger partial charge on any atom is -0.398 e. The smallest absolute Gasteiger partial charge is 0.265 e. The number of aryl methyl sites for hydroxylation is 1. The van der Waals surface area contributed by atoms with Crippen molar-refractivity contribution in [2.75, 3.05) is 10.5 Å². The molecule has 2 heterocycles. The van der Waals surface area contributed by atoms with E-state index < -0.39 is 10.0 Å². The fourth-order valence-electron chi connectivity index (χ4n) is 2.05. The number of hydrogen-bond donors (Lipinski definition) is 3. The summed E-state index contributed by atoms with van der Waals surface area (Å²) in [7, 11) is -3.79. The van der Waals surface area contributed by atoms with E-state index in [1.807, 2.05) is 0 Å². The molecular weight excluding hydrogens is 290 g/mol. The summed E-state index contributed by atoms with van der Waals surface area (Å²) in [6.45, 7) is 1.78. The van der Waals surface area contributed by atoms with Gasteiger partial charge in [0.15, 0.2) is 5.82 Å². The zero-order chi connectivity index (χ0) is 15.0. The van der Waals surface area contributed by atoms with Crippen molar-refractivity contribution >= 4 is 32.4 Å². The largest absolute Gasteiger partial charge is 0.398 e. The fraction of sp³-hybridized carbons (Fsp3) is 0.0769. The van der Waals surface area contributed by atoms with Crippen LogP contribution in [0.3, 0.4) is 0 Å². The highest BCUT2D eigenvalue weighted by molar-refractivity contribution is 7.93. The summed E-state index contributed by atoms with van der Waals surface area (Å²) in [5.74, 6) is 0.230. The normalized spacial score (nSPS) is 11.7. The summed E-state index contributed by atoms with van der Waals surface area (Å²) < 4.78 is 27.4. The molecule has 2 aromatic heterocycles. The third-order valence-electron chi connectivity index (χ3n) is 3.00. The third kappa shape index (κ3) is 2.40. The number of aromatic nitrogens is 3. The Balaban J connectivity index is 2.13. The number of H-pyrrole nitrogens is 1. The van der Waals surface area contributed by atoms with E-state index in [9.17, 15) is 8.42 Å². The Hall–Kier alpha value is -2.61. The number of fused-ring (bicyclic) bond motifs is 1. The zero-order valence-electron chi connectivity index (χ0n) is 11.2. The summed E-state index contributed by atoms with van der Waals surface area (Å²) >= 11 is 0. The molecule has 3 aromatic rings. The maximum absolute atomic E-state index is 12.5. The molecule has 7 nitrogen and oxygen atoms in total. The van der Waals surface area contributed by atoms with E-state index >= 15 is 0 Å². The van der Waals surface area contributed by atoms with Gasteiger partial charge in [0.25, 0.3) is 10.0 Å². The molecule has 108 valence electrons. The van der Waals surface area contributed by atoms with E-state index in [4.69, 9.17) is 5.73 Å². The summed E-state index contributed by atoms with van der Waals surface area (Å²) in [6, 6.07) is 8.03. The lowest BCUT2D eigenvalue weighted by molar-refractivity contribution is 0.601. The topological polar surface area (TPSA) is 114 Å². The van der Waals surface area contributed by atoms with Crippen molar-refractivity contribution in [2.24, 2.45) is 0 Å². The molecule has 1 aromatic carbocycles. The molecule has 0 aliphatic heterocycles. The molecule has 3 rings (SSSR count). The maximum Gasteiger partial charge on any atom is 0.265 e. The van der Waals surface area contributed by atoms with Gasteiger partial charge in [-0.15, -0.1) is 0 Å². The van der Waals surface area contributed by atoms with Crippen LogP contribution in [0.1, 0.15) is 5.69 Å². The molecule has 0 bridgehead atoms. The molecule has 0 fully saturated rings. The van der Waals surface area contributed by atoms with E-state index in [-0.39, 0.29) is 10.7 Å². The number of nitrogens with one attached hydrogen (secondary N) is 2. The number of hydrogen-bond acceptors (Lipinski definition) is 5. The van der Waals surface area contributed by atoms with E-state index in [0.29, 0.717) is 16.6 Å². The number of benzene rings is 1. The highest BCUT2D eigenvalue weighted by Crippen LogP contribution is 2.27. The van der Waals surface area contributed by atoms with Gasteiger partial charge in [-0.2, -0.15) is 5.10 Å². The van der Waals surface area contributed by atoms with Gasteiger partial charge in [0, 0.05) is 29.0 Å². The van der Waals surface area contributed by atoms with Gasteiger partial charge in [-0.05, 0) is 31.2 Å². The van der Waals surface area contributed by atoms with Gasteiger partial charge < -0.3 is 5.73 Å². The molecule has 0 spiro atoms. The summed E-state index contributed by atoms with van der Waals surface area (Å²) in [6.07, 6.45) is 1.53. The second-order valence-electron chi connectivity index (χ2n) is 4.59. The number of aromatic amines is 1. The molecule has 0 aliphatic carbocycles. The highest BCUT2D eigenvalue weighted by atomic mass is 32.2. The first-order valence-electron chi connectivity index (χ1n) is 6.15. The van der Waals surface area contributed by atoms with Gasteiger partial charge in [0.05, 0.1) is 5.52 Å². The quantitative estimate of drug-likeness (QED) is 0.637. The molecule has 0 unspecified atom stereocenters. The van der Waals surface area contributed by atoms with Crippen LogP contribution in [0.25, 0.3) is 10.9 Å². The Morgan fingerprint density at radius 1 is 1.29 bits per heavy atom. The summed E-state index contributed by atoms with van der Waals surface area (Å²) in [5.41, 5.74) is 7.42. The monoisotopic (exact) mass is 303 g/mol. The van der Waals surface area contributed by atoms with Crippen molar-refractivity contribution in [1.29, 1.82) is 0 Å². The van der Waals surface area contributed by atoms with Crippen LogP contribution in [0.15, 0.2) is 41.4 Å². The van der Waals surface area contributed by atoms with E-state index in [2.05, 4.69) is 19.9 Å². The van der Waals surface area contributed by atoms with Gasteiger partial charge >= 0.3 is 0 Å². The Bertz CT molecular complexity index is 917. The third-order valence-corrected chi connectivity index (χ3v) is 4.39. The van der Waals surface area contributed by atoms with Crippen LogP contribution >= 0.6 is 0 Å². The lowest BCUT2D eigenvalue weighted by Crippen LogP contribution is -2.14. The molecule has 0 aliphatic rings. The number of anilines is 2. The molecule has 0 amide bonds. The van der Waals surface area contributed by atoms with Crippen molar-refractivity contribution in [3.8, 4) is 0 Å². The van der Waals surface area contributed by atoms with E-state index in [1.54, 1.807) is 31.2 Å². The van der Waals surface area contributed by atoms with Gasteiger partial charge in [-0.1, -0.05) is 0 Å². The Labute approximate surface area is 121 Å². The zero-order valence-corrected chi connectivity index (χ0v) is 12.0. The lowest BCUT2D eigenvalue weighted by atomic mass is 10.2. The fourth-order valence-corrected chi connectivity index (χ4v) is 3.20. The molecule has 0 saturated carbocycles. The number of nitrogen functional groups attached to an aromatic ring is 1. The predicted octanol–water partition coefficient (Wildman–Crippen LogP) is 1.65. The predicted molar refractivity (Wildman–Crippen MR) is 80.3 cm³/mol. The molecule has 0 saturated heterocycles. The standard InChI is InChI=1S/C13H13N5O2S/c1-8-7-12(17-16-8)18-21(19,20)11-5-4-10(14)9-3-2-6-15-13(9)11/h2-7H,14H2,1H3,(H2,16,17,18). The Morgan fingerprint density at radius 2 is 2.10 bits per heavy atom. The second-order valence-corrected chi connectivity index (χ2v) is 6.25. The number of nitrogens with zero attached hydrogens (tertiary/aromatic N) is 2. The van der Waals surface area contributed by atoms with Gasteiger partial charge in [-0.25, -0.2) is 8.42 Å². The number of pyridine rings is 1. The first kappa shape index (κ1) is 13.4. The summed E-state index contributed by atoms with van der Waals surface area (Å²) in [5, 5.41) is 7.14. The lowest BCUT2D eigenvalue weighted by Gasteiger charge is -2.09. The molecule has 21 heavy (non-hydrogen) atoms.